The van der Waals surface area contributed by atoms with Crippen molar-refractivity contribution in [1.29, 1.82) is 0 Å². The lowest BCUT2D eigenvalue weighted by atomic mass is 10.1. The summed E-state index contributed by atoms with van der Waals surface area (Å²) in [5.74, 6) is -1.13. The molecule has 1 spiro atoms. The van der Waals surface area contributed by atoms with Crippen LogP contribution in [0, 0.1) is 5.41 Å². The molecule has 1 aliphatic heterocycles. The highest BCUT2D eigenvalue weighted by atomic mass is 19.3. The average Bonchev–Trinajstić information content (AvgIpc) is 2.54. The molecule has 0 bridgehead atoms. The molecular formula is C8H12F2N2O. The molecule has 2 fully saturated rings. The van der Waals surface area contributed by atoms with Gasteiger partial charge in [-0.15, -0.1) is 0 Å². The van der Waals surface area contributed by atoms with E-state index < -0.39 is 12.3 Å². The summed E-state index contributed by atoms with van der Waals surface area (Å²) in [6.07, 6.45) is -1.05. The lowest BCUT2D eigenvalue weighted by Crippen LogP contribution is -2.34. The molecule has 0 aromatic heterocycles. The van der Waals surface area contributed by atoms with Crippen LogP contribution in [0.25, 0.3) is 0 Å². The van der Waals surface area contributed by atoms with Crippen LogP contribution in [0.2, 0.25) is 0 Å². The van der Waals surface area contributed by atoms with Gasteiger partial charge in [-0.1, -0.05) is 0 Å². The maximum atomic E-state index is 11.9. The van der Waals surface area contributed by atoms with Gasteiger partial charge in [0.25, 0.3) is 5.91 Å². The Labute approximate surface area is 74.9 Å². The molecule has 1 heterocycles. The van der Waals surface area contributed by atoms with Crippen LogP contribution in [0.15, 0.2) is 0 Å². The number of carbonyl (C=O) groups is 1. The Balaban J connectivity index is 1.83. The zero-order valence-corrected chi connectivity index (χ0v) is 7.15. The van der Waals surface area contributed by atoms with Gasteiger partial charge in [0.05, 0.1) is 0 Å². The van der Waals surface area contributed by atoms with E-state index in [4.69, 9.17) is 0 Å². The Morgan fingerprint density at radius 1 is 1.62 bits per heavy atom. The maximum Gasteiger partial charge on any atom is 0.315 e. The van der Waals surface area contributed by atoms with Crippen molar-refractivity contribution in [2.24, 2.45) is 5.41 Å². The largest absolute Gasteiger partial charge is 0.348 e. The number of amides is 1. The van der Waals surface area contributed by atoms with E-state index in [0.29, 0.717) is 0 Å². The van der Waals surface area contributed by atoms with Crippen molar-refractivity contribution in [2.75, 3.05) is 13.1 Å². The molecule has 2 rings (SSSR count). The zero-order chi connectivity index (χ0) is 9.47. The Morgan fingerprint density at radius 3 is 2.92 bits per heavy atom. The number of nitrogens with one attached hydrogen (secondary N) is 2. The van der Waals surface area contributed by atoms with E-state index in [1.165, 1.54) is 0 Å². The van der Waals surface area contributed by atoms with E-state index in [-0.39, 0.29) is 11.5 Å². The Hall–Kier alpha value is -0.710. The molecule has 13 heavy (non-hydrogen) atoms. The highest BCUT2D eigenvalue weighted by Crippen LogP contribution is 2.50. The summed E-state index contributed by atoms with van der Waals surface area (Å²) >= 11 is 0. The summed E-state index contributed by atoms with van der Waals surface area (Å²) in [5.41, 5.74) is 0.102. The summed E-state index contributed by atoms with van der Waals surface area (Å²) in [6, 6.07) is -0.0241. The van der Waals surface area contributed by atoms with E-state index in [0.717, 1.165) is 25.9 Å². The minimum absolute atomic E-state index is 0.0241. The first-order chi connectivity index (χ1) is 6.14. The molecule has 3 nitrogen and oxygen atoms in total. The number of rotatable bonds is 2. The van der Waals surface area contributed by atoms with Crippen LogP contribution in [-0.2, 0) is 4.79 Å². The fourth-order valence-electron chi connectivity index (χ4n) is 2.02. The molecule has 1 saturated carbocycles. The van der Waals surface area contributed by atoms with Crippen LogP contribution in [-0.4, -0.2) is 31.5 Å². The zero-order valence-electron chi connectivity index (χ0n) is 7.15. The normalized spacial score (nSPS) is 37.0. The number of carbonyl (C=O) groups excluding carboxylic acids is 1. The van der Waals surface area contributed by atoms with Crippen LogP contribution >= 0.6 is 0 Å². The smallest absolute Gasteiger partial charge is 0.315 e. The molecule has 0 radical (unpaired) electrons. The van der Waals surface area contributed by atoms with Gasteiger partial charge >= 0.3 is 6.43 Å². The second kappa shape index (κ2) is 2.90. The monoisotopic (exact) mass is 190 g/mol. The van der Waals surface area contributed by atoms with Gasteiger partial charge in [0.1, 0.15) is 0 Å². The molecule has 2 N–H and O–H groups in total. The predicted octanol–water partition coefficient (Wildman–Crippen LogP) is 0.120. The van der Waals surface area contributed by atoms with Gasteiger partial charge in [-0.3, -0.25) is 4.79 Å². The fourth-order valence-corrected chi connectivity index (χ4v) is 2.02. The summed E-state index contributed by atoms with van der Waals surface area (Å²) in [4.78, 5) is 10.7. The van der Waals surface area contributed by atoms with E-state index in [9.17, 15) is 13.6 Å². The van der Waals surface area contributed by atoms with Crippen LogP contribution in [0.3, 0.4) is 0 Å². The predicted molar refractivity (Wildman–Crippen MR) is 42.5 cm³/mol. The lowest BCUT2D eigenvalue weighted by Gasteiger charge is -2.08. The fraction of sp³-hybridized carbons (Fsp3) is 0.875. The Morgan fingerprint density at radius 2 is 2.38 bits per heavy atom. The summed E-state index contributed by atoms with van der Waals surface area (Å²) in [7, 11) is 0. The molecule has 74 valence electrons. The van der Waals surface area contributed by atoms with Gasteiger partial charge < -0.3 is 10.6 Å². The van der Waals surface area contributed by atoms with Crippen molar-refractivity contribution in [3.63, 3.8) is 0 Å². The molecule has 1 amide bonds. The van der Waals surface area contributed by atoms with E-state index in [1.807, 2.05) is 0 Å². The molecule has 0 aromatic rings. The van der Waals surface area contributed by atoms with Crippen molar-refractivity contribution >= 4 is 5.91 Å². The van der Waals surface area contributed by atoms with Gasteiger partial charge in [-0.2, -0.15) is 8.78 Å². The number of hydrogen-bond acceptors (Lipinski definition) is 2. The first-order valence-electron chi connectivity index (χ1n) is 4.43. The quantitative estimate of drug-likeness (QED) is 0.649. The Bertz CT molecular complexity index is 226. The molecule has 1 unspecified atom stereocenters. The third-order valence-electron chi connectivity index (χ3n) is 2.98. The van der Waals surface area contributed by atoms with Crippen LogP contribution < -0.4 is 10.6 Å². The molecule has 2 aliphatic rings. The minimum Gasteiger partial charge on any atom is -0.348 e. The second-order valence-corrected chi connectivity index (χ2v) is 3.86. The van der Waals surface area contributed by atoms with Gasteiger partial charge in [-0.05, 0) is 19.4 Å². The van der Waals surface area contributed by atoms with Crippen LogP contribution in [0.4, 0.5) is 8.78 Å². The SMILES string of the molecule is O=C(NC1C[C@]12CCNC2)C(F)F. The topological polar surface area (TPSA) is 41.1 Å². The molecule has 1 aliphatic carbocycles. The minimum atomic E-state index is -2.88. The molecule has 1 saturated heterocycles. The van der Waals surface area contributed by atoms with E-state index >= 15 is 0 Å². The molecular weight excluding hydrogens is 178 g/mol. The van der Waals surface area contributed by atoms with Crippen LogP contribution in [0.5, 0.6) is 0 Å². The summed E-state index contributed by atoms with van der Waals surface area (Å²) < 4.78 is 23.7. The Kier molecular flexibility index (Phi) is 1.98. The third kappa shape index (κ3) is 1.52. The van der Waals surface area contributed by atoms with Crippen molar-refractivity contribution in [2.45, 2.75) is 25.3 Å². The highest BCUT2D eigenvalue weighted by Gasteiger charge is 2.56. The van der Waals surface area contributed by atoms with E-state index in [1.54, 1.807) is 0 Å². The van der Waals surface area contributed by atoms with Gasteiger partial charge in [0.2, 0.25) is 0 Å². The standard InChI is InChI=1S/C8H12F2N2O/c9-6(10)7(13)12-5-3-8(5)1-2-11-4-8/h5-6,11H,1-4H2,(H,12,13)/t5?,8-/m0/s1. The number of halogens is 2. The molecule has 2 atom stereocenters. The van der Waals surface area contributed by atoms with Crippen LogP contribution in [0.1, 0.15) is 12.8 Å². The van der Waals surface area contributed by atoms with Gasteiger partial charge in [-0.25, -0.2) is 0 Å². The van der Waals surface area contributed by atoms with E-state index in [2.05, 4.69) is 10.6 Å². The maximum absolute atomic E-state index is 11.9. The summed E-state index contributed by atoms with van der Waals surface area (Å²) in [6.45, 7) is 1.78. The lowest BCUT2D eigenvalue weighted by molar-refractivity contribution is -0.132. The van der Waals surface area contributed by atoms with Crippen molar-refractivity contribution in [3.8, 4) is 0 Å². The summed E-state index contributed by atoms with van der Waals surface area (Å²) in [5, 5.41) is 5.53. The number of hydrogen-bond donors (Lipinski definition) is 2. The molecule has 5 heteroatoms. The molecule has 0 aromatic carbocycles. The van der Waals surface area contributed by atoms with Gasteiger partial charge in [0, 0.05) is 18.0 Å². The van der Waals surface area contributed by atoms with Crippen molar-refractivity contribution in [1.82, 2.24) is 10.6 Å². The average molecular weight is 190 g/mol. The number of alkyl halides is 2. The van der Waals surface area contributed by atoms with Crippen molar-refractivity contribution in [3.05, 3.63) is 0 Å². The van der Waals surface area contributed by atoms with Crippen molar-refractivity contribution < 1.29 is 13.6 Å². The highest BCUT2D eigenvalue weighted by molar-refractivity contribution is 5.79. The second-order valence-electron chi connectivity index (χ2n) is 3.86. The first kappa shape index (κ1) is 8.87. The third-order valence-corrected chi connectivity index (χ3v) is 2.98. The van der Waals surface area contributed by atoms with Gasteiger partial charge in [0.15, 0.2) is 0 Å². The first-order valence-corrected chi connectivity index (χ1v) is 4.43.